The highest BCUT2D eigenvalue weighted by molar-refractivity contribution is 7.14. The molecule has 3 rings (SSSR count). The number of benzene rings is 2. The molecule has 8 nitrogen and oxygen atoms in total. The molecule has 0 aliphatic rings. The molecule has 0 atom stereocenters. The molecule has 1 aromatic heterocycles. The normalized spacial score (nSPS) is 10.4. The van der Waals surface area contributed by atoms with Gasteiger partial charge in [-0.05, 0) is 31.5 Å². The van der Waals surface area contributed by atoms with E-state index in [9.17, 15) is 9.59 Å². The first-order chi connectivity index (χ1) is 15.4. The van der Waals surface area contributed by atoms with Gasteiger partial charge >= 0.3 is 0 Å². The van der Waals surface area contributed by atoms with E-state index in [1.54, 1.807) is 0 Å². The Hall–Kier alpha value is -3.59. The van der Waals surface area contributed by atoms with Gasteiger partial charge in [-0.25, -0.2) is 4.98 Å². The summed E-state index contributed by atoms with van der Waals surface area (Å²) in [4.78, 5) is 29.3. The number of carbonyl (C=O) groups excluding carboxylic acids is 2. The number of aryl methyl sites for hydroxylation is 2. The molecule has 3 aromatic rings. The standard InChI is InChI=1S/C23H25N3O5S/c1-13-6-7-16(14(2)8-13)17-12-32-23(25-17)26-20(27)11-24-22(28)15-9-18(29-3)21(31-5)19(10-15)30-4/h6-10,12H,11H2,1-5H3,(H,24,28)(H,25,26,27). The number of nitrogens with zero attached hydrogens (tertiary/aromatic N) is 1. The molecule has 0 aliphatic carbocycles. The quantitative estimate of drug-likeness (QED) is 0.536. The maximum Gasteiger partial charge on any atom is 0.251 e. The monoisotopic (exact) mass is 455 g/mol. The van der Waals surface area contributed by atoms with E-state index in [4.69, 9.17) is 14.2 Å². The van der Waals surface area contributed by atoms with Gasteiger partial charge in [0.1, 0.15) is 0 Å². The summed E-state index contributed by atoms with van der Waals surface area (Å²) in [5.74, 6) is 0.251. The summed E-state index contributed by atoms with van der Waals surface area (Å²) in [5.41, 5.74) is 4.38. The maximum atomic E-state index is 12.5. The Morgan fingerprint density at radius 1 is 1.00 bits per heavy atom. The Labute approximate surface area is 190 Å². The molecule has 2 amide bonds. The second-order valence-electron chi connectivity index (χ2n) is 7.00. The van der Waals surface area contributed by atoms with E-state index in [0.717, 1.165) is 16.8 Å². The lowest BCUT2D eigenvalue weighted by atomic mass is 10.0. The number of anilines is 1. The topological polar surface area (TPSA) is 98.8 Å². The summed E-state index contributed by atoms with van der Waals surface area (Å²) in [5, 5.41) is 7.66. The second-order valence-corrected chi connectivity index (χ2v) is 7.86. The number of carbonyl (C=O) groups is 2. The average Bonchev–Trinajstić information content (AvgIpc) is 3.24. The zero-order valence-corrected chi connectivity index (χ0v) is 19.4. The summed E-state index contributed by atoms with van der Waals surface area (Å²) < 4.78 is 15.8. The number of methoxy groups -OCH3 is 3. The number of aromatic nitrogens is 1. The summed E-state index contributed by atoms with van der Waals surface area (Å²) in [7, 11) is 4.41. The van der Waals surface area contributed by atoms with Crippen molar-refractivity contribution >= 4 is 28.3 Å². The second kappa shape index (κ2) is 10.1. The van der Waals surface area contributed by atoms with Crippen LogP contribution in [-0.2, 0) is 4.79 Å². The van der Waals surface area contributed by atoms with Crippen molar-refractivity contribution in [2.75, 3.05) is 33.2 Å². The molecule has 2 aromatic carbocycles. The van der Waals surface area contributed by atoms with Crippen LogP contribution in [0.4, 0.5) is 5.13 Å². The predicted molar refractivity (Wildman–Crippen MR) is 124 cm³/mol. The van der Waals surface area contributed by atoms with Gasteiger partial charge < -0.3 is 24.8 Å². The summed E-state index contributed by atoms with van der Waals surface area (Å²) in [6, 6.07) is 9.17. The number of hydrogen-bond acceptors (Lipinski definition) is 7. The Balaban J connectivity index is 1.63. The number of rotatable bonds is 8. The van der Waals surface area contributed by atoms with Crippen molar-refractivity contribution in [1.29, 1.82) is 0 Å². The average molecular weight is 456 g/mol. The Bertz CT molecular complexity index is 1120. The molecule has 168 valence electrons. The highest BCUT2D eigenvalue weighted by Gasteiger charge is 2.18. The van der Waals surface area contributed by atoms with Crippen molar-refractivity contribution in [3.05, 3.63) is 52.4 Å². The first kappa shape index (κ1) is 23.1. The van der Waals surface area contributed by atoms with Crippen molar-refractivity contribution < 1.29 is 23.8 Å². The van der Waals surface area contributed by atoms with Gasteiger partial charge in [0.25, 0.3) is 5.91 Å². The third-order valence-corrected chi connectivity index (χ3v) is 5.50. The van der Waals surface area contributed by atoms with Crippen molar-refractivity contribution in [3.8, 4) is 28.5 Å². The molecular formula is C23H25N3O5S. The number of amides is 2. The number of ether oxygens (including phenoxy) is 3. The molecule has 0 spiro atoms. The molecule has 0 fully saturated rings. The lowest BCUT2D eigenvalue weighted by Crippen LogP contribution is -2.32. The van der Waals surface area contributed by atoms with Crippen LogP contribution in [0.25, 0.3) is 11.3 Å². The van der Waals surface area contributed by atoms with Gasteiger partial charge in [0, 0.05) is 16.5 Å². The van der Waals surface area contributed by atoms with Gasteiger partial charge in [0.2, 0.25) is 11.7 Å². The van der Waals surface area contributed by atoms with E-state index < -0.39 is 5.91 Å². The van der Waals surface area contributed by atoms with Crippen molar-refractivity contribution in [1.82, 2.24) is 10.3 Å². The molecule has 0 radical (unpaired) electrons. The summed E-state index contributed by atoms with van der Waals surface area (Å²) >= 11 is 1.33. The van der Waals surface area contributed by atoms with Crippen LogP contribution in [0.3, 0.4) is 0 Å². The lowest BCUT2D eigenvalue weighted by Gasteiger charge is -2.14. The number of hydrogen-bond donors (Lipinski definition) is 2. The minimum atomic E-state index is -0.450. The molecule has 0 bridgehead atoms. The Morgan fingerprint density at radius 3 is 2.28 bits per heavy atom. The number of thiazole rings is 1. The third-order valence-electron chi connectivity index (χ3n) is 4.74. The van der Waals surface area contributed by atoms with Gasteiger partial charge in [0.15, 0.2) is 16.6 Å². The van der Waals surface area contributed by atoms with E-state index in [2.05, 4.69) is 21.7 Å². The highest BCUT2D eigenvalue weighted by Crippen LogP contribution is 2.38. The molecule has 2 N–H and O–H groups in total. The van der Waals surface area contributed by atoms with Crippen LogP contribution >= 0.6 is 11.3 Å². The van der Waals surface area contributed by atoms with Crippen LogP contribution in [0.5, 0.6) is 17.2 Å². The minimum Gasteiger partial charge on any atom is -0.493 e. The molecule has 32 heavy (non-hydrogen) atoms. The fraction of sp³-hybridized carbons (Fsp3) is 0.261. The highest BCUT2D eigenvalue weighted by atomic mass is 32.1. The van der Waals surface area contributed by atoms with Gasteiger partial charge in [-0.2, -0.15) is 0 Å². The van der Waals surface area contributed by atoms with Gasteiger partial charge in [-0.15, -0.1) is 11.3 Å². The predicted octanol–water partition coefficient (Wildman–Crippen LogP) is 3.82. The molecule has 0 unspecified atom stereocenters. The van der Waals surface area contributed by atoms with Crippen LogP contribution in [0, 0.1) is 13.8 Å². The van der Waals surface area contributed by atoms with Crippen LogP contribution in [-0.4, -0.2) is 44.7 Å². The largest absolute Gasteiger partial charge is 0.493 e. The molecule has 0 saturated carbocycles. The van der Waals surface area contributed by atoms with Crippen molar-refractivity contribution in [2.45, 2.75) is 13.8 Å². The van der Waals surface area contributed by atoms with Gasteiger partial charge in [0.05, 0.1) is 33.6 Å². The fourth-order valence-corrected chi connectivity index (χ4v) is 3.92. The zero-order chi connectivity index (χ0) is 23.3. The maximum absolute atomic E-state index is 12.5. The van der Waals surface area contributed by atoms with Crippen molar-refractivity contribution in [2.24, 2.45) is 0 Å². The molecule has 0 saturated heterocycles. The molecule has 1 heterocycles. The SMILES string of the molecule is COc1cc(C(=O)NCC(=O)Nc2nc(-c3ccc(C)cc3C)cs2)cc(OC)c1OC. The molecular weight excluding hydrogens is 430 g/mol. The smallest absolute Gasteiger partial charge is 0.251 e. The van der Waals surface area contributed by atoms with E-state index in [1.807, 2.05) is 31.4 Å². The lowest BCUT2D eigenvalue weighted by molar-refractivity contribution is -0.115. The summed E-state index contributed by atoms with van der Waals surface area (Å²) in [6.45, 7) is 3.85. The van der Waals surface area contributed by atoms with E-state index in [0.29, 0.717) is 22.4 Å². The zero-order valence-electron chi connectivity index (χ0n) is 18.6. The van der Waals surface area contributed by atoms with E-state index in [-0.39, 0.29) is 18.0 Å². The fourth-order valence-electron chi connectivity index (χ4n) is 3.19. The van der Waals surface area contributed by atoms with Crippen LogP contribution < -0.4 is 24.8 Å². The van der Waals surface area contributed by atoms with Crippen LogP contribution in [0.2, 0.25) is 0 Å². The van der Waals surface area contributed by atoms with Gasteiger partial charge in [-0.3, -0.25) is 9.59 Å². The van der Waals surface area contributed by atoms with Crippen LogP contribution in [0.15, 0.2) is 35.7 Å². The molecule has 9 heteroatoms. The van der Waals surface area contributed by atoms with E-state index in [1.165, 1.54) is 50.4 Å². The van der Waals surface area contributed by atoms with Crippen molar-refractivity contribution in [3.63, 3.8) is 0 Å². The first-order valence-corrected chi connectivity index (χ1v) is 10.7. The number of nitrogens with one attached hydrogen (secondary N) is 2. The van der Waals surface area contributed by atoms with Crippen LogP contribution in [0.1, 0.15) is 21.5 Å². The summed E-state index contributed by atoms with van der Waals surface area (Å²) in [6.07, 6.45) is 0. The minimum absolute atomic E-state index is 0.214. The Kier molecular flexibility index (Phi) is 7.32. The van der Waals surface area contributed by atoms with E-state index >= 15 is 0 Å². The first-order valence-electron chi connectivity index (χ1n) is 9.77. The third kappa shape index (κ3) is 5.17. The Morgan fingerprint density at radius 2 is 1.69 bits per heavy atom. The van der Waals surface area contributed by atoms with Gasteiger partial charge in [-0.1, -0.05) is 23.8 Å². The molecule has 0 aliphatic heterocycles.